The van der Waals surface area contributed by atoms with Crippen LogP contribution in [0.5, 0.6) is 0 Å². The van der Waals surface area contributed by atoms with Crippen LogP contribution in [0.1, 0.15) is 38.5 Å². The number of likely N-dealkylation sites (tertiary alicyclic amines) is 1. The summed E-state index contributed by atoms with van der Waals surface area (Å²) in [6.45, 7) is 9.29. The minimum Gasteiger partial charge on any atom is -0.487 e. The monoisotopic (exact) mass is 436 g/mol. The lowest BCUT2D eigenvalue weighted by Crippen LogP contribution is -2.40. The van der Waals surface area contributed by atoms with E-state index in [-0.39, 0.29) is 5.17 Å². The van der Waals surface area contributed by atoms with Gasteiger partial charge < -0.3 is 36.5 Å². The van der Waals surface area contributed by atoms with Crippen LogP contribution in [0.2, 0.25) is 0 Å². The van der Waals surface area contributed by atoms with Crippen molar-refractivity contribution in [2.75, 3.05) is 66.5 Å². The predicted molar refractivity (Wildman–Crippen MR) is 124 cm³/mol. The molecule has 3 rings (SSSR count). The third kappa shape index (κ3) is 20.0. The molecule has 0 spiro atoms. The number of hydrogen-bond donors (Lipinski definition) is 4. The number of piperidine rings is 2. The van der Waals surface area contributed by atoms with Crippen LogP contribution in [0.3, 0.4) is 0 Å². The van der Waals surface area contributed by atoms with E-state index in [9.17, 15) is 0 Å². The van der Waals surface area contributed by atoms with E-state index in [4.69, 9.17) is 15.7 Å². The molecule has 3 saturated heterocycles. The van der Waals surface area contributed by atoms with Gasteiger partial charge in [0.05, 0.1) is 0 Å². The molecule has 0 aromatic heterocycles. The SMILES string of the molecule is CN1CCCCC1.CN1CCNCC1.NC(=S)ON1CCCCC1.NC(O)=S. The standard InChI is InChI=1S/C6H12N2OS.C6H13N.C5H12N2.CH3NOS/c7-6(10)9-8-4-2-1-3-5-8;1-7-5-3-2-4-6-7;1-7-4-2-6-3-5-7;2-1(3)4/h1-5H2,(H2,7,10);2-6H2,1H3;6H,2-5H2,1H3;(H3,2,3,4). The summed E-state index contributed by atoms with van der Waals surface area (Å²) >= 11 is 8.46. The zero-order chi connectivity index (χ0) is 21.2. The number of rotatable bonds is 1. The Hall–Kier alpha value is -0.780. The van der Waals surface area contributed by atoms with E-state index in [0.717, 1.165) is 26.2 Å². The molecule has 0 radical (unpaired) electrons. The summed E-state index contributed by atoms with van der Waals surface area (Å²) in [6.07, 6.45) is 7.93. The molecule has 166 valence electrons. The number of nitrogens with zero attached hydrogens (tertiary/aromatic N) is 3. The first kappa shape index (κ1) is 27.2. The summed E-state index contributed by atoms with van der Waals surface area (Å²) < 4.78 is 0. The number of nitrogens with two attached hydrogens (primary N) is 2. The van der Waals surface area contributed by atoms with Crippen molar-refractivity contribution < 1.29 is 9.94 Å². The van der Waals surface area contributed by atoms with Crippen molar-refractivity contribution in [3.63, 3.8) is 0 Å². The summed E-state index contributed by atoms with van der Waals surface area (Å²) in [5.41, 5.74) is 9.59. The van der Waals surface area contributed by atoms with Crippen molar-refractivity contribution in [3.05, 3.63) is 0 Å². The summed E-state index contributed by atoms with van der Waals surface area (Å²) in [5.74, 6) is 0. The average molecular weight is 437 g/mol. The van der Waals surface area contributed by atoms with Crippen LogP contribution in [0, 0.1) is 0 Å². The van der Waals surface area contributed by atoms with Gasteiger partial charge in [-0.1, -0.05) is 12.8 Å². The third-order valence-electron chi connectivity index (χ3n) is 4.45. The number of likely N-dealkylation sites (N-methyl/N-ethyl adjacent to an activating group) is 1. The largest absolute Gasteiger partial charge is 0.487 e. The topological polar surface area (TPSA) is 103 Å². The van der Waals surface area contributed by atoms with Gasteiger partial charge in [-0.05, 0) is 77.3 Å². The third-order valence-corrected chi connectivity index (χ3v) is 4.53. The lowest BCUT2D eigenvalue weighted by atomic mass is 10.1. The first-order chi connectivity index (χ1) is 13.3. The summed E-state index contributed by atoms with van der Waals surface area (Å²) in [6, 6.07) is 0. The Kier molecular flexibility index (Phi) is 17.8. The first-order valence-corrected chi connectivity index (χ1v) is 10.9. The van der Waals surface area contributed by atoms with Gasteiger partial charge in [-0.15, -0.1) is 5.06 Å². The number of aliphatic hydroxyl groups excluding tert-OH is 1. The Morgan fingerprint density at radius 3 is 1.46 bits per heavy atom. The van der Waals surface area contributed by atoms with Crippen molar-refractivity contribution in [3.8, 4) is 0 Å². The van der Waals surface area contributed by atoms with Gasteiger partial charge in [0.15, 0.2) is 0 Å². The molecular formula is C18H40N6O2S2. The van der Waals surface area contributed by atoms with Crippen molar-refractivity contribution in [1.29, 1.82) is 0 Å². The molecule has 28 heavy (non-hydrogen) atoms. The molecule has 3 aliphatic heterocycles. The molecule has 0 saturated carbocycles. The summed E-state index contributed by atoms with van der Waals surface area (Å²) in [4.78, 5) is 9.76. The predicted octanol–water partition coefficient (Wildman–Crippen LogP) is 1.06. The maximum absolute atomic E-state index is 7.56. The Balaban J connectivity index is 0.000000364. The van der Waals surface area contributed by atoms with Crippen LogP contribution in [0.15, 0.2) is 0 Å². The fourth-order valence-electron chi connectivity index (χ4n) is 2.91. The van der Waals surface area contributed by atoms with Crippen LogP contribution in [0.4, 0.5) is 0 Å². The molecule has 8 nitrogen and oxygen atoms in total. The second kappa shape index (κ2) is 18.3. The molecule has 6 N–H and O–H groups in total. The Bertz CT molecular complexity index is 380. The molecule has 0 aromatic carbocycles. The van der Waals surface area contributed by atoms with E-state index in [1.807, 2.05) is 5.06 Å². The quantitative estimate of drug-likeness (QED) is 0.446. The molecule has 3 heterocycles. The lowest BCUT2D eigenvalue weighted by molar-refractivity contribution is -0.0841. The van der Waals surface area contributed by atoms with Gasteiger partial charge in [0.1, 0.15) is 0 Å². The van der Waals surface area contributed by atoms with E-state index in [0.29, 0.717) is 0 Å². The van der Waals surface area contributed by atoms with Crippen molar-refractivity contribution in [2.24, 2.45) is 11.5 Å². The van der Waals surface area contributed by atoms with Gasteiger partial charge in [0.2, 0.25) is 0 Å². The van der Waals surface area contributed by atoms with E-state index in [1.54, 1.807) is 0 Å². The number of thiocarbonyl (C=S) groups is 2. The highest BCUT2D eigenvalue weighted by Gasteiger charge is 2.10. The highest BCUT2D eigenvalue weighted by molar-refractivity contribution is 7.80. The molecular weight excluding hydrogens is 396 g/mol. The van der Waals surface area contributed by atoms with Crippen LogP contribution in [-0.4, -0.2) is 96.8 Å². The zero-order valence-electron chi connectivity index (χ0n) is 17.6. The molecule has 0 amide bonds. The minimum atomic E-state index is -0.500. The molecule has 10 heteroatoms. The molecule has 3 aliphatic rings. The fourth-order valence-corrected chi connectivity index (χ4v) is 3.02. The minimum absolute atomic E-state index is 0.127. The Morgan fingerprint density at radius 2 is 1.18 bits per heavy atom. The highest BCUT2D eigenvalue weighted by atomic mass is 32.1. The Morgan fingerprint density at radius 1 is 0.786 bits per heavy atom. The summed E-state index contributed by atoms with van der Waals surface area (Å²) in [5, 5.41) is 12.3. The van der Waals surface area contributed by atoms with Crippen molar-refractivity contribution >= 4 is 34.8 Å². The molecule has 0 unspecified atom stereocenters. The van der Waals surface area contributed by atoms with Crippen LogP contribution >= 0.6 is 24.4 Å². The fraction of sp³-hybridized carbons (Fsp3) is 0.889. The van der Waals surface area contributed by atoms with Gasteiger partial charge in [-0.2, -0.15) is 0 Å². The number of hydrogen-bond acceptors (Lipinski definition) is 7. The van der Waals surface area contributed by atoms with Crippen molar-refractivity contribution in [2.45, 2.75) is 38.5 Å². The lowest BCUT2D eigenvalue weighted by Gasteiger charge is -2.24. The van der Waals surface area contributed by atoms with Gasteiger partial charge in [0.25, 0.3) is 10.3 Å². The average Bonchev–Trinajstić information content (AvgIpc) is 2.64. The van der Waals surface area contributed by atoms with E-state index >= 15 is 0 Å². The maximum Gasteiger partial charge on any atom is 0.276 e. The van der Waals surface area contributed by atoms with Gasteiger partial charge >= 0.3 is 0 Å². The maximum atomic E-state index is 7.56. The first-order valence-electron chi connectivity index (χ1n) is 10.1. The zero-order valence-corrected chi connectivity index (χ0v) is 19.2. The number of piperazine rings is 1. The van der Waals surface area contributed by atoms with Crippen LogP contribution in [-0.2, 0) is 4.84 Å². The smallest absolute Gasteiger partial charge is 0.276 e. The van der Waals surface area contributed by atoms with Gasteiger partial charge in [0, 0.05) is 39.3 Å². The molecule has 0 bridgehead atoms. The van der Waals surface area contributed by atoms with Crippen molar-refractivity contribution in [1.82, 2.24) is 20.2 Å². The molecule has 0 aromatic rings. The van der Waals surface area contributed by atoms with E-state index in [1.165, 1.54) is 64.7 Å². The van der Waals surface area contributed by atoms with Gasteiger partial charge in [-0.3, -0.25) is 0 Å². The normalized spacial score (nSPS) is 20.8. The molecule has 0 aliphatic carbocycles. The highest BCUT2D eigenvalue weighted by Crippen LogP contribution is 2.08. The summed E-state index contributed by atoms with van der Waals surface area (Å²) in [7, 11) is 4.35. The Labute approximate surface area is 181 Å². The second-order valence-corrected chi connectivity index (χ2v) is 7.98. The number of aliphatic hydroxyl groups is 1. The molecule has 3 fully saturated rings. The van der Waals surface area contributed by atoms with Gasteiger partial charge in [-0.25, -0.2) is 0 Å². The number of hydroxylamine groups is 2. The van der Waals surface area contributed by atoms with Crippen LogP contribution in [0.25, 0.3) is 0 Å². The van der Waals surface area contributed by atoms with Crippen LogP contribution < -0.4 is 16.8 Å². The molecule has 0 atom stereocenters. The number of nitrogens with one attached hydrogen (secondary N) is 1. The van der Waals surface area contributed by atoms with E-state index in [2.05, 4.69) is 59.4 Å². The second-order valence-electron chi connectivity index (χ2n) is 7.16. The van der Waals surface area contributed by atoms with E-state index < -0.39 is 5.17 Å².